The van der Waals surface area contributed by atoms with Gasteiger partial charge in [-0.2, -0.15) is 0 Å². The summed E-state index contributed by atoms with van der Waals surface area (Å²) in [5.41, 5.74) is 0.287. The number of anilines is 1. The predicted molar refractivity (Wildman–Crippen MR) is 139 cm³/mol. The largest absolute Gasteiger partial charge is 0.486 e. The van der Waals surface area contributed by atoms with E-state index in [4.69, 9.17) is 9.47 Å². The summed E-state index contributed by atoms with van der Waals surface area (Å²) < 4.78 is 51.1. The second kappa shape index (κ2) is 11.4. The van der Waals surface area contributed by atoms with Crippen LogP contribution >= 0.6 is 0 Å². The highest BCUT2D eigenvalue weighted by molar-refractivity contribution is 7.92. The maximum Gasteiger partial charge on any atom is 0.244 e. The first-order valence-corrected chi connectivity index (χ1v) is 13.9. The van der Waals surface area contributed by atoms with Gasteiger partial charge in [-0.05, 0) is 57.0 Å². The number of halogens is 1. The lowest BCUT2D eigenvalue weighted by atomic mass is 10.1. The van der Waals surface area contributed by atoms with Gasteiger partial charge >= 0.3 is 0 Å². The Morgan fingerprint density at radius 2 is 1.68 bits per heavy atom. The maximum atomic E-state index is 13.7. The number of sulfonamides is 1. The molecule has 0 spiro atoms. The van der Waals surface area contributed by atoms with Gasteiger partial charge in [-0.15, -0.1) is 0 Å². The summed E-state index contributed by atoms with van der Waals surface area (Å²) >= 11 is 0. The van der Waals surface area contributed by atoms with Crippen LogP contribution < -0.4 is 19.1 Å². The van der Waals surface area contributed by atoms with E-state index in [0.29, 0.717) is 30.3 Å². The van der Waals surface area contributed by atoms with E-state index < -0.39 is 39.9 Å². The molecule has 0 fully saturated rings. The molecule has 202 valence electrons. The van der Waals surface area contributed by atoms with Crippen LogP contribution in [-0.4, -0.2) is 62.7 Å². The molecule has 0 aromatic heterocycles. The highest BCUT2D eigenvalue weighted by Crippen LogP contribution is 2.34. The highest BCUT2D eigenvalue weighted by atomic mass is 32.2. The van der Waals surface area contributed by atoms with Crippen LogP contribution in [0.15, 0.2) is 42.5 Å². The van der Waals surface area contributed by atoms with Crippen molar-refractivity contribution in [1.29, 1.82) is 0 Å². The summed E-state index contributed by atoms with van der Waals surface area (Å²) in [6, 6.07) is 9.36. The van der Waals surface area contributed by atoms with E-state index in [1.165, 1.54) is 41.3 Å². The number of nitrogens with zero attached hydrogens (tertiary/aromatic N) is 2. The van der Waals surface area contributed by atoms with Crippen molar-refractivity contribution in [3.8, 4) is 11.5 Å². The molecule has 0 saturated carbocycles. The van der Waals surface area contributed by atoms with Gasteiger partial charge in [-0.25, -0.2) is 12.8 Å². The van der Waals surface area contributed by atoms with Gasteiger partial charge in [-0.1, -0.05) is 19.1 Å². The van der Waals surface area contributed by atoms with Crippen LogP contribution in [0, 0.1) is 5.82 Å². The molecule has 0 saturated heterocycles. The average molecular weight is 536 g/mol. The molecule has 37 heavy (non-hydrogen) atoms. The number of hydrogen-bond donors (Lipinski definition) is 1. The number of carbonyl (C=O) groups excluding carboxylic acids is 2. The molecule has 11 heteroatoms. The fourth-order valence-electron chi connectivity index (χ4n) is 3.96. The maximum absolute atomic E-state index is 13.7. The summed E-state index contributed by atoms with van der Waals surface area (Å²) in [6.07, 6.45) is 1.29. The number of fused-ring (bicyclic) bond motifs is 1. The lowest BCUT2D eigenvalue weighted by Gasteiger charge is -2.34. The van der Waals surface area contributed by atoms with E-state index in [0.717, 1.165) is 10.6 Å². The minimum atomic E-state index is -3.89. The quantitative estimate of drug-likeness (QED) is 0.529. The van der Waals surface area contributed by atoms with Gasteiger partial charge in [-0.3, -0.25) is 13.9 Å². The van der Waals surface area contributed by atoms with Crippen molar-refractivity contribution < 1.29 is 31.9 Å². The van der Waals surface area contributed by atoms with Gasteiger partial charge in [0.1, 0.15) is 31.6 Å². The zero-order valence-corrected chi connectivity index (χ0v) is 22.6. The molecule has 9 nitrogen and oxygen atoms in total. The minimum Gasteiger partial charge on any atom is -0.486 e. The van der Waals surface area contributed by atoms with Gasteiger partial charge in [0.2, 0.25) is 21.8 Å². The van der Waals surface area contributed by atoms with Crippen molar-refractivity contribution in [3.05, 3.63) is 53.8 Å². The molecule has 1 aliphatic rings. The molecule has 1 atom stereocenters. The van der Waals surface area contributed by atoms with E-state index in [1.807, 2.05) is 20.8 Å². The molecule has 2 amide bonds. The zero-order valence-electron chi connectivity index (χ0n) is 21.8. The molecule has 2 aromatic rings. The Bertz CT molecular complexity index is 1230. The van der Waals surface area contributed by atoms with E-state index in [-0.39, 0.29) is 24.6 Å². The molecule has 0 aliphatic carbocycles. The first-order valence-electron chi connectivity index (χ1n) is 12.0. The van der Waals surface area contributed by atoms with Gasteiger partial charge in [0.05, 0.1) is 11.9 Å². The van der Waals surface area contributed by atoms with E-state index in [2.05, 4.69) is 5.32 Å². The van der Waals surface area contributed by atoms with Crippen LogP contribution in [0.5, 0.6) is 11.5 Å². The van der Waals surface area contributed by atoms with Crippen molar-refractivity contribution in [1.82, 2.24) is 10.2 Å². The van der Waals surface area contributed by atoms with Crippen LogP contribution in [0.2, 0.25) is 0 Å². The van der Waals surface area contributed by atoms with E-state index in [1.54, 1.807) is 13.0 Å². The summed E-state index contributed by atoms with van der Waals surface area (Å²) in [7, 11) is -3.89. The molecule has 3 rings (SSSR count). The molecule has 1 aliphatic heterocycles. The van der Waals surface area contributed by atoms with E-state index >= 15 is 0 Å². The van der Waals surface area contributed by atoms with Crippen LogP contribution in [0.3, 0.4) is 0 Å². The summed E-state index contributed by atoms with van der Waals surface area (Å²) in [4.78, 5) is 28.2. The fraction of sp³-hybridized carbons (Fsp3) is 0.462. The molecular formula is C26H34FN3O6S. The molecule has 1 heterocycles. The molecule has 0 radical (unpaired) electrons. The third kappa shape index (κ3) is 7.58. The Morgan fingerprint density at radius 1 is 1.05 bits per heavy atom. The molecular weight excluding hydrogens is 501 g/mol. The Morgan fingerprint density at radius 3 is 2.24 bits per heavy atom. The zero-order chi connectivity index (χ0) is 27.4. The van der Waals surface area contributed by atoms with E-state index in [9.17, 15) is 22.4 Å². The first kappa shape index (κ1) is 28.2. The van der Waals surface area contributed by atoms with Crippen molar-refractivity contribution >= 4 is 27.5 Å². The molecule has 1 unspecified atom stereocenters. The van der Waals surface area contributed by atoms with Crippen LogP contribution in [-0.2, 0) is 26.2 Å². The number of amides is 2. The Kier molecular flexibility index (Phi) is 8.68. The number of ether oxygens (including phenoxy) is 2. The minimum absolute atomic E-state index is 0.00603. The lowest BCUT2D eigenvalue weighted by Crippen LogP contribution is -2.55. The Hall–Kier alpha value is -3.34. The normalized spacial score (nSPS) is 14.0. The van der Waals surface area contributed by atoms with Crippen molar-refractivity contribution in [2.24, 2.45) is 0 Å². The Labute approximate surface area is 217 Å². The van der Waals surface area contributed by atoms with Crippen LogP contribution in [0.4, 0.5) is 10.1 Å². The first-order chi connectivity index (χ1) is 17.3. The molecule has 2 aromatic carbocycles. The van der Waals surface area contributed by atoms with Crippen molar-refractivity contribution in [2.75, 3.05) is 30.3 Å². The number of nitrogens with one attached hydrogen (secondary N) is 1. The highest BCUT2D eigenvalue weighted by Gasteiger charge is 2.33. The smallest absolute Gasteiger partial charge is 0.244 e. The second-order valence-electron chi connectivity index (χ2n) is 9.91. The predicted octanol–water partition coefficient (Wildman–Crippen LogP) is 3.09. The standard InChI is InChI=1S/C26H34FN3O6S/c1-6-21(25(32)28-26(2,3)4)29(16-18-7-9-19(27)10-8-18)24(31)17-30(37(5,33)34)20-11-12-22-23(15-20)36-14-13-35-22/h7-12,15,21H,6,13-14,16-17H2,1-5H3,(H,28,32). The van der Waals surface area contributed by atoms with Gasteiger partial charge in [0.25, 0.3) is 0 Å². The third-order valence-electron chi connectivity index (χ3n) is 5.64. The average Bonchev–Trinajstić information content (AvgIpc) is 2.81. The summed E-state index contributed by atoms with van der Waals surface area (Å²) in [5.74, 6) is -0.515. The van der Waals surface area contributed by atoms with Gasteiger partial charge < -0.3 is 19.7 Å². The monoisotopic (exact) mass is 535 g/mol. The molecule has 0 bridgehead atoms. The SMILES string of the molecule is CCC(C(=O)NC(C)(C)C)N(Cc1ccc(F)cc1)C(=O)CN(c1ccc2c(c1)OCCO2)S(C)(=O)=O. The van der Waals surface area contributed by atoms with Gasteiger partial charge in [0, 0.05) is 18.2 Å². The van der Waals surface area contributed by atoms with Crippen molar-refractivity contribution in [2.45, 2.75) is 52.2 Å². The summed E-state index contributed by atoms with van der Waals surface area (Å²) in [5, 5.41) is 2.89. The lowest BCUT2D eigenvalue weighted by molar-refractivity contribution is -0.141. The van der Waals surface area contributed by atoms with Gasteiger partial charge in [0.15, 0.2) is 11.5 Å². The number of rotatable bonds is 9. The number of benzene rings is 2. The van der Waals surface area contributed by atoms with Crippen LogP contribution in [0.25, 0.3) is 0 Å². The third-order valence-corrected chi connectivity index (χ3v) is 6.78. The Balaban J connectivity index is 1.96. The van der Waals surface area contributed by atoms with Crippen LogP contribution in [0.1, 0.15) is 39.7 Å². The second-order valence-corrected chi connectivity index (χ2v) is 11.8. The number of hydrogen-bond acceptors (Lipinski definition) is 6. The fourth-order valence-corrected chi connectivity index (χ4v) is 4.80. The number of carbonyl (C=O) groups is 2. The summed E-state index contributed by atoms with van der Waals surface area (Å²) in [6.45, 7) is 7.42. The van der Waals surface area contributed by atoms with Crippen molar-refractivity contribution in [3.63, 3.8) is 0 Å². The molecule has 1 N–H and O–H groups in total. The topological polar surface area (TPSA) is 105 Å².